The van der Waals surface area contributed by atoms with Crippen LogP contribution in [0.5, 0.6) is 0 Å². The van der Waals surface area contributed by atoms with Crippen LogP contribution in [-0.2, 0) is 17.5 Å². The minimum absolute atomic E-state index is 0.328. The van der Waals surface area contributed by atoms with Crippen LogP contribution in [0.2, 0.25) is 0 Å². The molecule has 2 aromatic carbocycles. The van der Waals surface area contributed by atoms with Crippen molar-refractivity contribution >= 4 is 17.4 Å². The summed E-state index contributed by atoms with van der Waals surface area (Å²) in [5.74, 6) is 0. The van der Waals surface area contributed by atoms with E-state index in [2.05, 4.69) is 10.2 Å². The third-order valence-electron chi connectivity index (χ3n) is 5.58. The lowest BCUT2D eigenvalue weighted by Gasteiger charge is -2.28. The van der Waals surface area contributed by atoms with Crippen molar-refractivity contribution in [3.63, 3.8) is 0 Å². The van der Waals surface area contributed by atoms with E-state index in [1.165, 1.54) is 12.1 Å². The molecule has 1 aliphatic rings. The molecule has 0 unspecified atom stereocenters. The van der Waals surface area contributed by atoms with Crippen molar-refractivity contribution in [2.45, 2.75) is 19.1 Å². The average Bonchev–Trinajstić information content (AvgIpc) is 2.79. The Bertz CT molecular complexity index is 880. The molecule has 1 aliphatic heterocycles. The standard InChI is InChI=1S/C24H31F3N4O2/c1-29(2)22-10-4-19(5-11-22)18-31(13-3-12-30-14-16-33-17-15-30)23(32)28-21-8-6-20(7-9-21)24(25,26)27/h4-11H,3,12-18H2,1-2H3,(H,28,32). The van der Waals surface area contributed by atoms with Crippen LogP contribution in [0.15, 0.2) is 48.5 Å². The van der Waals surface area contributed by atoms with Gasteiger partial charge in [-0.05, 0) is 48.4 Å². The smallest absolute Gasteiger partial charge is 0.379 e. The number of hydrogen-bond acceptors (Lipinski definition) is 4. The number of anilines is 2. The zero-order valence-electron chi connectivity index (χ0n) is 19.1. The number of nitrogens with zero attached hydrogens (tertiary/aromatic N) is 3. The van der Waals surface area contributed by atoms with Gasteiger partial charge in [0.25, 0.3) is 0 Å². The van der Waals surface area contributed by atoms with Crippen LogP contribution >= 0.6 is 0 Å². The van der Waals surface area contributed by atoms with Crippen LogP contribution in [0.3, 0.4) is 0 Å². The summed E-state index contributed by atoms with van der Waals surface area (Å²) >= 11 is 0. The highest BCUT2D eigenvalue weighted by atomic mass is 19.4. The number of urea groups is 1. The molecule has 1 fully saturated rings. The molecule has 0 radical (unpaired) electrons. The summed E-state index contributed by atoms with van der Waals surface area (Å²) in [5.41, 5.74) is 1.62. The Morgan fingerprint density at radius 3 is 2.24 bits per heavy atom. The van der Waals surface area contributed by atoms with E-state index in [0.717, 1.165) is 62.7 Å². The highest BCUT2D eigenvalue weighted by molar-refractivity contribution is 5.89. The molecule has 0 aromatic heterocycles. The van der Waals surface area contributed by atoms with Gasteiger partial charge in [0.1, 0.15) is 0 Å². The Hall–Kier alpha value is -2.78. The molecule has 1 heterocycles. The van der Waals surface area contributed by atoms with E-state index in [0.29, 0.717) is 18.8 Å². The molecule has 3 rings (SSSR count). The highest BCUT2D eigenvalue weighted by Crippen LogP contribution is 2.29. The second kappa shape index (κ2) is 11.4. The zero-order chi connectivity index (χ0) is 23.8. The van der Waals surface area contributed by atoms with Gasteiger partial charge in [0, 0.05) is 58.2 Å². The molecule has 1 saturated heterocycles. The van der Waals surface area contributed by atoms with Crippen molar-refractivity contribution < 1.29 is 22.7 Å². The van der Waals surface area contributed by atoms with Gasteiger partial charge < -0.3 is 19.9 Å². The minimum atomic E-state index is -4.41. The molecule has 0 bridgehead atoms. The molecule has 2 amide bonds. The Balaban J connectivity index is 1.65. The van der Waals surface area contributed by atoms with Gasteiger partial charge in [-0.2, -0.15) is 13.2 Å². The molecular formula is C24H31F3N4O2. The summed E-state index contributed by atoms with van der Waals surface area (Å²) in [4.78, 5) is 19.0. The average molecular weight is 465 g/mol. The molecule has 6 nitrogen and oxygen atoms in total. The van der Waals surface area contributed by atoms with Crippen LogP contribution < -0.4 is 10.2 Å². The number of benzene rings is 2. The van der Waals surface area contributed by atoms with E-state index in [9.17, 15) is 18.0 Å². The van der Waals surface area contributed by atoms with Gasteiger partial charge >= 0.3 is 12.2 Å². The number of alkyl halides is 3. The molecule has 2 aromatic rings. The van der Waals surface area contributed by atoms with Crippen LogP contribution in [-0.4, -0.2) is 69.3 Å². The monoisotopic (exact) mass is 464 g/mol. The fraction of sp³-hybridized carbons (Fsp3) is 0.458. The number of carbonyl (C=O) groups excluding carboxylic acids is 1. The molecule has 0 atom stereocenters. The van der Waals surface area contributed by atoms with E-state index in [1.54, 1.807) is 4.90 Å². The number of nitrogens with one attached hydrogen (secondary N) is 1. The van der Waals surface area contributed by atoms with Crippen LogP contribution in [0.4, 0.5) is 29.3 Å². The number of ether oxygens (including phenoxy) is 1. The van der Waals surface area contributed by atoms with Crippen LogP contribution in [0.1, 0.15) is 17.5 Å². The van der Waals surface area contributed by atoms with Gasteiger partial charge in [0.2, 0.25) is 0 Å². The van der Waals surface area contributed by atoms with E-state index in [4.69, 9.17) is 4.74 Å². The lowest BCUT2D eigenvalue weighted by Crippen LogP contribution is -2.40. The molecule has 180 valence electrons. The zero-order valence-corrected chi connectivity index (χ0v) is 19.1. The quantitative estimate of drug-likeness (QED) is 0.624. The number of rotatable bonds is 8. The fourth-order valence-corrected chi connectivity index (χ4v) is 3.63. The first-order chi connectivity index (χ1) is 15.7. The topological polar surface area (TPSA) is 48.1 Å². The second-order valence-electron chi connectivity index (χ2n) is 8.30. The summed E-state index contributed by atoms with van der Waals surface area (Å²) in [5, 5.41) is 2.74. The minimum Gasteiger partial charge on any atom is -0.379 e. The molecule has 0 aliphatic carbocycles. The Morgan fingerprint density at radius 1 is 1.03 bits per heavy atom. The van der Waals surface area contributed by atoms with Crippen molar-refractivity contribution in [2.75, 3.05) is 63.7 Å². The maximum Gasteiger partial charge on any atom is 0.416 e. The molecule has 1 N–H and O–H groups in total. The normalized spacial score (nSPS) is 14.7. The lowest BCUT2D eigenvalue weighted by molar-refractivity contribution is -0.137. The first kappa shape index (κ1) is 24.9. The van der Waals surface area contributed by atoms with Crippen LogP contribution in [0.25, 0.3) is 0 Å². The molecule has 0 spiro atoms. The number of hydrogen-bond donors (Lipinski definition) is 1. The maximum atomic E-state index is 13.0. The first-order valence-electron chi connectivity index (χ1n) is 11.0. The van der Waals surface area contributed by atoms with Gasteiger partial charge in [-0.15, -0.1) is 0 Å². The van der Waals surface area contributed by atoms with Gasteiger partial charge in [0.15, 0.2) is 0 Å². The van der Waals surface area contributed by atoms with Crippen LogP contribution in [0, 0.1) is 0 Å². The Kier molecular flexibility index (Phi) is 8.57. The van der Waals surface area contributed by atoms with E-state index in [1.807, 2.05) is 43.3 Å². The summed E-state index contributed by atoms with van der Waals surface area (Å²) in [6.45, 7) is 4.98. The van der Waals surface area contributed by atoms with E-state index >= 15 is 0 Å². The van der Waals surface area contributed by atoms with Gasteiger partial charge in [-0.25, -0.2) is 4.79 Å². The largest absolute Gasteiger partial charge is 0.416 e. The number of carbonyl (C=O) groups is 1. The lowest BCUT2D eigenvalue weighted by atomic mass is 10.2. The Labute approximate surface area is 192 Å². The third kappa shape index (κ3) is 7.64. The SMILES string of the molecule is CN(C)c1ccc(CN(CCCN2CCOCC2)C(=O)Nc2ccc(C(F)(F)F)cc2)cc1. The summed E-state index contributed by atoms with van der Waals surface area (Å²) in [6, 6.07) is 12.1. The van der Waals surface area contributed by atoms with E-state index < -0.39 is 11.7 Å². The molecule has 0 saturated carbocycles. The Morgan fingerprint density at radius 2 is 1.67 bits per heavy atom. The predicted molar refractivity (Wildman–Crippen MR) is 124 cm³/mol. The fourth-order valence-electron chi connectivity index (χ4n) is 3.63. The molecular weight excluding hydrogens is 433 g/mol. The van der Waals surface area contributed by atoms with E-state index in [-0.39, 0.29) is 6.03 Å². The second-order valence-corrected chi connectivity index (χ2v) is 8.30. The predicted octanol–water partition coefficient (Wildman–Crippen LogP) is 4.53. The first-order valence-corrected chi connectivity index (χ1v) is 11.0. The number of halogens is 3. The summed E-state index contributed by atoms with van der Waals surface area (Å²) in [6.07, 6.45) is -3.62. The van der Waals surface area contributed by atoms with Gasteiger partial charge in [-0.1, -0.05) is 12.1 Å². The van der Waals surface area contributed by atoms with Crippen molar-refractivity contribution in [3.8, 4) is 0 Å². The number of amides is 2. The van der Waals surface area contributed by atoms with Gasteiger partial charge in [-0.3, -0.25) is 4.90 Å². The van der Waals surface area contributed by atoms with Crippen molar-refractivity contribution in [1.82, 2.24) is 9.80 Å². The summed E-state index contributed by atoms with van der Waals surface area (Å²) in [7, 11) is 3.93. The van der Waals surface area contributed by atoms with Crippen molar-refractivity contribution in [2.24, 2.45) is 0 Å². The maximum absolute atomic E-state index is 13.0. The third-order valence-corrected chi connectivity index (χ3v) is 5.58. The summed E-state index contributed by atoms with van der Waals surface area (Å²) < 4.78 is 43.8. The number of morpholine rings is 1. The van der Waals surface area contributed by atoms with Crippen molar-refractivity contribution in [1.29, 1.82) is 0 Å². The van der Waals surface area contributed by atoms with Crippen molar-refractivity contribution in [3.05, 3.63) is 59.7 Å². The molecule has 9 heteroatoms. The van der Waals surface area contributed by atoms with Gasteiger partial charge in [0.05, 0.1) is 18.8 Å². The highest BCUT2D eigenvalue weighted by Gasteiger charge is 2.30. The molecule has 33 heavy (non-hydrogen) atoms.